The lowest BCUT2D eigenvalue weighted by Crippen LogP contribution is -2.04. The molecule has 1 aromatic rings. The zero-order valence-corrected chi connectivity index (χ0v) is 9.70. The second kappa shape index (κ2) is 6.40. The van der Waals surface area contributed by atoms with Crippen LogP contribution in [0.15, 0.2) is 6.20 Å². The van der Waals surface area contributed by atoms with Gasteiger partial charge in [0.15, 0.2) is 0 Å². The number of aliphatic carboxylic acids is 1. The lowest BCUT2D eigenvalue weighted by atomic mass is 10.2. The lowest BCUT2D eigenvalue weighted by Gasteiger charge is -2.04. The average molecular weight is 245 g/mol. The normalized spacial score (nSPS) is 10.4. The van der Waals surface area contributed by atoms with Crippen molar-refractivity contribution in [1.29, 1.82) is 0 Å². The van der Waals surface area contributed by atoms with Crippen molar-refractivity contribution >= 4 is 17.6 Å². The molecule has 0 spiro atoms. The van der Waals surface area contributed by atoms with Crippen molar-refractivity contribution in [3.05, 3.63) is 22.7 Å². The third kappa shape index (κ3) is 4.12. The molecule has 0 aliphatic carbocycles. The van der Waals surface area contributed by atoms with Gasteiger partial charge in [0.2, 0.25) is 0 Å². The minimum absolute atomic E-state index is 0.0283. The molecule has 1 rings (SSSR count). The first kappa shape index (κ1) is 12.9. The summed E-state index contributed by atoms with van der Waals surface area (Å²) in [7, 11) is 1.60. The molecule has 88 valence electrons. The fourth-order valence-electron chi connectivity index (χ4n) is 1.14. The van der Waals surface area contributed by atoms with E-state index in [-0.39, 0.29) is 6.42 Å². The number of hydrogen-bond donors (Lipinski definition) is 1. The number of nitrogens with zero attached hydrogens (tertiary/aromatic N) is 2. The number of carboxylic acid groups (broad SMARTS) is 1. The number of carboxylic acids is 1. The fourth-order valence-corrected chi connectivity index (χ4v) is 1.38. The van der Waals surface area contributed by atoms with Crippen molar-refractivity contribution in [2.75, 3.05) is 13.7 Å². The minimum atomic E-state index is -0.862. The van der Waals surface area contributed by atoms with Gasteiger partial charge in [0, 0.05) is 31.7 Å². The van der Waals surface area contributed by atoms with E-state index < -0.39 is 5.97 Å². The highest BCUT2D eigenvalue weighted by molar-refractivity contribution is 6.30. The van der Waals surface area contributed by atoms with Crippen LogP contribution in [0.5, 0.6) is 0 Å². The van der Waals surface area contributed by atoms with Crippen LogP contribution >= 0.6 is 11.6 Å². The highest BCUT2D eigenvalue weighted by Crippen LogP contribution is 2.14. The van der Waals surface area contributed by atoms with Crippen LogP contribution in [0.25, 0.3) is 0 Å². The van der Waals surface area contributed by atoms with Crippen LogP contribution in [0.1, 0.15) is 17.8 Å². The van der Waals surface area contributed by atoms with Crippen LogP contribution in [-0.4, -0.2) is 34.8 Å². The first-order valence-electron chi connectivity index (χ1n) is 4.84. The van der Waals surface area contributed by atoms with Crippen LogP contribution in [-0.2, 0) is 22.4 Å². The molecular weight excluding hydrogens is 232 g/mol. The molecule has 0 unspecified atom stereocenters. The first-order valence-corrected chi connectivity index (χ1v) is 5.22. The van der Waals surface area contributed by atoms with E-state index in [1.165, 1.54) is 0 Å². The molecule has 1 heterocycles. The van der Waals surface area contributed by atoms with Crippen molar-refractivity contribution in [3.63, 3.8) is 0 Å². The summed E-state index contributed by atoms with van der Waals surface area (Å²) >= 11 is 5.91. The molecule has 0 atom stereocenters. The molecule has 5 nitrogen and oxygen atoms in total. The zero-order valence-electron chi connectivity index (χ0n) is 8.94. The number of carbonyl (C=O) groups is 1. The third-order valence-corrected chi connectivity index (χ3v) is 2.33. The molecule has 6 heteroatoms. The van der Waals surface area contributed by atoms with Crippen LogP contribution < -0.4 is 0 Å². The first-order chi connectivity index (χ1) is 7.63. The minimum Gasteiger partial charge on any atom is -0.481 e. The van der Waals surface area contributed by atoms with E-state index in [0.29, 0.717) is 36.0 Å². The molecule has 0 saturated carbocycles. The van der Waals surface area contributed by atoms with Gasteiger partial charge >= 0.3 is 5.97 Å². The van der Waals surface area contributed by atoms with E-state index in [0.717, 1.165) is 0 Å². The van der Waals surface area contributed by atoms with Crippen molar-refractivity contribution in [1.82, 2.24) is 9.97 Å². The summed E-state index contributed by atoms with van der Waals surface area (Å²) in [6.45, 7) is 0.533. The van der Waals surface area contributed by atoms with Crippen molar-refractivity contribution in [2.45, 2.75) is 19.3 Å². The van der Waals surface area contributed by atoms with E-state index in [2.05, 4.69) is 9.97 Å². The standard InChI is InChI=1S/C10H13ClN2O3/c1-16-5-4-8-12-6-7(10(11)13-8)2-3-9(14)15/h6H,2-5H2,1H3,(H,14,15). The third-order valence-electron chi connectivity index (χ3n) is 2.00. The van der Waals surface area contributed by atoms with Crippen molar-refractivity contribution < 1.29 is 14.6 Å². The summed E-state index contributed by atoms with van der Waals surface area (Å²) in [4.78, 5) is 18.5. The average Bonchev–Trinajstić information content (AvgIpc) is 2.24. The molecule has 16 heavy (non-hydrogen) atoms. The molecule has 0 aliphatic heterocycles. The van der Waals surface area contributed by atoms with Crippen molar-refractivity contribution in [2.24, 2.45) is 0 Å². The summed E-state index contributed by atoms with van der Waals surface area (Å²) in [6, 6.07) is 0. The van der Waals surface area contributed by atoms with Gasteiger partial charge in [0.05, 0.1) is 6.61 Å². The second-order valence-electron chi connectivity index (χ2n) is 3.24. The molecule has 0 bridgehead atoms. The van der Waals surface area contributed by atoms with Gasteiger partial charge in [-0.1, -0.05) is 11.6 Å². The molecular formula is C10H13ClN2O3. The van der Waals surface area contributed by atoms with Gasteiger partial charge in [-0.15, -0.1) is 0 Å². The van der Waals surface area contributed by atoms with Gasteiger partial charge in [-0.2, -0.15) is 0 Å². The number of aromatic nitrogens is 2. The fraction of sp³-hybridized carbons (Fsp3) is 0.500. The Morgan fingerprint density at radius 2 is 2.31 bits per heavy atom. The molecule has 0 aromatic carbocycles. The van der Waals surface area contributed by atoms with Crippen LogP contribution in [0.4, 0.5) is 0 Å². The molecule has 0 radical (unpaired) electrons. The van der Waals surface area contributed by atoms with Crippen LogP contribution in [0.2, 0.25) is 5.15 Å². The Kier molecular flexibility index (Phi) is 5.14. The lowest BCUT2D eigenvalue weighted by molar-refractivity contribution is -0.136. The predicted molar refractivity (Wildman–Crippen MR) is 58.6 cm³/mol. The number of halogens is 1. The maximum atomic E-state index is 10.4. The van der Waals surface area contributed by atoms with Gasteiger partial charge < -0.3 is 9.84 Å². The SMILES string of the molecule is COCCc1ncc(CCC(=O)O)c(Cl)n1. The second-order valence-corrected chi connectivity index (χ2v) is 3.60. The van der Waals surface area contributed by atoms with E-state index >= 15 is 0 Å². The van der Waals surface area contributed by atoms with Gasteiger partial charge in [-0.3, -0.25) is 4.79 Å². The highest BCUT2D eigenvalue weighted by Gasteiger charge is 2.07. The quantitative estimate of drug-likeness (QED) is 0.765. The number of hydrogen-bond acceptors (Lipinski definition) is 4. The summed E-state index contributed by atoms with van der Waals surface area (Å²) in [5, 5.41) is 8.86. The predicted octanol–water partition coefficient (Wildman–Crippen LogP) is 1.34. The van der Waals surface area contributed by atoms with Gasteiger partial charge in [-0.25, -0.2) is 9.97 Å². The Bertz CT molecular complexity index is 371. The molecule has 1 N–H and O–H groups in total. The maximum absolute atomic E-state index is 10.4. The molecule has 0 aliphatic rings. The summed E-state index contributed by atoms with van der Waals surface area (Å²) in [5.41, 5.74) is 0.658. The van der Waals surface area contributed by atoms with Crippen LogP contribution in [0.3, 0.4) is 0 Å². The Balaban J connectivity index is 2.63. The summed E-state index contributed by atoms with van der Waals surface area (Å²) in [5.74, 6) is -0.259. The van der Waals surface area contributed by atoms with E-state index in [4.69, 9.17) is 21.4 Å². The zero-order chi connectivity index (χ0) is 12.0. The molecule has 0 fully saturated rings. The monoisotopic (exact) mass is 244 g/mol. The number of ether oxygens (including phenoxy) is 1. The number of methoxy groups -OCH3 is 1. The smallest absolute Gasteiger partial charge is 0.303 e. The Hall–Kier alpha value is -1.20. The number of rotatable bonds is 6. The maximum Gasteiger partial charge on any atom is 0.303 e. The van der Waals surface area contributed by atoms with Crippen molar-refractivity contribution in [3.8, 4) is 0 Å². The number of aryl methyl sites for hydroxylation is 1. The van der Waals surface area contributed by atoms with Gasteiger partial charge in [-0.05, 0) is 6.42 Å². The summed E-state index contributed by atoms with van der Waals surface area (Å²) < 4.78 is 4.89. The highest BCUT2D eigenvalue weighted by atomic mass is 35.5. The topological polar surface area (TPSA) is 72.3 Å². The molecule has 0 amide bonds. The Morgan fingerprint density at radius 3 is 2.88 bits per heavy atom. The Morgan fingerprint density at radius 1 is 1.56 bits per heavy atom. The summed E-state index contributed by atoms with van der Waals surface area (Å²) in [6.07, 6.45) is 2.54. The van der Waals surface area contributed by atoms with Gasteiger partial charge in [0.1, 0.15) is 11.0 Å². The molecule has 1 aromatic heterocycles. The van der Waals surface area contributed by atoms with Gasteiger partial charge in [0.25, 0.3) is 0 Å². The largest absolute Gasteiger partial charge is 0.481 e. The van der Waals surface area contributed by atoms with E-state index in [9.17, 15) is 4.79 Å². The Labute approximate surface area is 98.4 Å². The molecule has 0 saturated heterocycles. The van der Waals surface area contributed by atoms with E-state index in [1.54, 1.807) is 13.3 Å². The van der Waals surface area contributed by atoms with E-state index in [1.807, 2.05) is 0 Å². The van der Waals surface area contributed by atoms with Crippen LogP contribution in [0, 0.1) is 0 Å².